The van der Waals surface area contributed by atoms with Crippen LogP contribution in [-0.4, -0.2) is 18.6 Å². The first-order valence-electron chi connectivity index (χ1n) is 8.24. The SMILES string of the molecule is O=S(=O)(NCc1ccco1)c1ccc(Cl)c(-c2nnc(-c3ccccc3)o2)c1. The van der Waals surface area contributed by atoms with E-state index in [1.54, 1.807) is 12.1 Å². The second-order valence-electron chi connectivity index (χ2n) is 5.82. The standard InChI is InChI=1S/C19H14ClN3O4S/c20-17-9-8-15(28(24,25)21-12-14-7-4-10-26-14)11-16(17)19-23-22-18(27-19)13-5-2-1-3-6-13/h1-11,21H,12H2. The van der Waals surface area contributed by atoms with E-state index in [1.165, 1.54) is 24.5 Å². The smallest absolute Gasteiger partial charge is 0.249 e. The van der Waals surface area contributed by atoms with E-state index in [0.29, 0.717) is 22.2 Å². The molecule has 0 bridgehead atoms. The van der Waals surface area contributed by atoms with Gasteiger partial charge < -0.3 is 8.83 Å². The van der Waals surface area contributed by atoms with Gasteiger partial charge in [0.1, 0.15) is 5.76 Å². The third-order valence-corrected chi connectivity index (χ3v) is 5.67. The highest BCUT2D eigenvalue weighted by atomic mass is 35.5. The van der Waals surface area contributed by atoms with Crippen LogP contribution in [0.3, 0.4) is 0 Å². The number of aromatic nitrogens is 2. The van der Waals surface area contributed by atoms with E-state index in [0.717, 1.165) is 5.56 Å². The molecule has 9 heteroatoms. The van der Waals surface area contributed by atoms with Crippen LogP contribution in [0.15, 0.2) is 80.7 Å². The fourth-order valence-electron chi connectivity index (χ4n) is 2.53. The lowest BCUT2D eigenvalue weighted by atomic mass is 10.2. The van der Waals surface area contributed by atoms with E-state index in [9.17, 15) is 8.42 Å². The molecule has 2 heterocycles. The van der Waals surface area contributed by atoms with Gasteiger partial charge in [-0.3, -0.25) is 0 Å². The van der Waals surface area contributed by atoms with Crippen molar-refractivity contribution in [3.8, 4) is 22.9 Å². The number of benzene rings is 2. The van der Waals surface area contributed by atoms with Gasteiger partial charge in [0.2, 0.25) is 21.8 Å². The van der Waals surface area contributed by atoms with E-state index < -0.39 is 10.0 Å². The fraction of sp³-hybridized carbons (Fsp3) is 0.0526. The van der Waals surface area contributed by atoms with Gasteiger partial charge in [-0.2, -0.15) is 0 Å². The predicted molar refractivity (Wildman–Crippen MR) is 103 cm³/mol. The molecule has 0 atom stereocenters. The van der Waals surface area contributed by atoms with Crippen LogP contribution in [0, 0.1) is 0 Å². The molecule has 1 N–H and O–H groups in total. The zero-order chi connectivity index (χ0) is 19.6. The van der Waals surface area contributed by atoms with Crippen molar-refractivity contribution >= 4 is 21.6 Å². The Kier molecular flexibility index (Phi) is 4.99. The lowest BCUT2D eigenvalue weighted by Crippen LogP contribution is -2.23. The molecule has 0 radical (unpaired) electrons. The van der Waals surface area contributed by atoms with Crippen LogP contribution >= 0.6 is 11.6 Å². The maximum Gasteiger partial charge on any atom is 0.249 e. The lowest BCUT2D eigenvalue weighted by molar-refractivity contribution is 0.498. The molecule has 0 spiro atoms. The number of halogens is 1. The topological polar surface area (TPSA) is 98.2 Å². The molecule has 4 rings (SSSR count). The number of hydrogen-bond donors (Lipinski definition) is 1. The summed E-state index contributed by atoms with van der Waals surface area (Å²) in [6, 6.07) is 16.9. The first-order chi connectivity index (χ1) is 13.5. The summed E-state index contributed by atoms with van der Waals surface area (Å²) in [6.45, 7) is 0.0337. The van der Waals surface area contributed by atoms with Crippen molar-refractivity contribution in [3.05, 3.63) is 77.7 Å². The van der Waals surface area contributed by atoms with Crippen molar-refractivity contribution in [2.24, 2.45) is 0 Å². The minimum Gasteiger partial charge on any atom is -0.468 e. The number of sulfonamides is 1. The van der Waals surface area contributed by atoms with Crippen molar-refractivity contribution in [2.75, 3.05) is 0 Å². The minimum atomic E-state index is -3.79. The Morgan fingerprint density at radius 3 is 2.50 bits per heavy atom. The van der Waals surface area contributed by atoms with Gasteiger partial charge in [0.15, 0.2) is 0 Å². The highest BCUT2D eigenvalue weighted by molar-refractivity contribution is 7.89. The van der Waals surface area contributed by atoms with E-state index in [2.05, 4.69) is 14.9 Å². The molecule has 4 aromatic rings. The van der Waals surface area contributed by atoms with Crippen molar-refractivity contribution in [3.63, 3.8) is 0 Å². The number of furan rings is 1. The van der Waals surface area contributed by atoms with Crippen molar-refractivity contribution < 1.29 is 17.3 Å². The van der Waals surface area contributed by atoms with Crippen LogP contribution < -0.4 is 4.72 Å². The molecule has 0 aliphatic heterocycles. The highest BCUT2D eigenvalue weighted by Gasteiger charge is 2.19. The normalized spacial score (nSPS) is 11.6. The molecule has 7 nitrogen and oxygen atoms in total. The largest absolute Gasteiger partial charge is 0.468 e. The van der Waals surface area contributed by atoms with E-state index >= 15 is 0 Å². The average molecular weight is 416 g/mol. The fourth-order valence-corrected chi connectivity index (χ4v) is 3.75. The second-order valence-corrected chi connectivity index (χ2v) is 8.00. The summed E-state index contributed by atoms with van der Waals surface area (Å²) in [6.07, 6.45) is 1.48. The molecule has 28 heavy (non-hydrogen) atoms. The molecule has 2 aromatic carbocycles. The van der Waals surface area contributed by atoms with Crippen LogP contribution in [0.5, 0.6) is 0 Å². The average Bonchev–Trinajstić information content (AvgIpc) is 3.39. The second kappa shape index (κ2) is 7.59. The Labute approximate surface area is 166 Å². The van der Waals surface area contributed by atoms with Gasteiger partial charge in [0, 0.05) is 5.56 Å². The van der Waals surface area contributed by atoms with Crippen LogP contribution in [0.25, 0.3) is 22.9 Å². The molecule has 0 unspecified atom stereocenters. The Hall–Kier alpha value is -2.94. The van der Waals surface area contributed by atoms with Gasteiger partial charge >= 0.3 is 0 Å². The first kappa shape index (κ1) is 18.4. The molecule has 0 saturated carbocycles. The highest BCUT2D eigenvalue weighted by Crippen LogP contribution is 2.31. The molecule has 0 fully saturated rings. The van der Waals surface area contributed by atoms with E-state index in [-0.39, 0.29) is 17.3 Å². The molecular weight excluding hydrogens is 402 g/mol. The van der Waals surface area contributed by atoms with Crippen molar-refractivity contribution in [1.29, 1.82) is 0 Å². The van der Waals surface area contributed by atoms with E-state index in [4.69, 9.17) is 20.4 Å². The molecule has 2 aromatic heterocycles. The van der Waals surface area contributed by atoms with Gasteiger partial charge in [0.05, 0.1) is 28.3 Å². The number of nitrogens with one attached hydrogen (secondary N) is 1. The zero-order valence-electron chi connectivity index (χ0n) is 14.4. The van der Waals surface area contributed by atoms with Gasteiger partial charge in [0.25, 0.3) is 0 Å². The van der Waals surface area contributed by atoms with Crippen molar-refractivity contribution in [1.82, 2.24) is 14.9 Å². The van der Waals surface area contributed by atoms with Crippen LogP contribution in [0.1, 0.15) is 5.76 Å². The van der Waals surface area contributed by atoms with Gasteiger partial charge in [-0.25, -0.2) is 13.1 Å². The van der Waals surface area contributed by atoms with Crippen LogP contribution in [0.2, 0.25) is 5.02 Å². The maximum atomic E-state index is 12.6. The van der Waals surface area contributed by atoms with Gasteiger partial charge in [-0.15, -0.1) is 10.2 Å². The lowest BCUT2D eigenvalue weighted by Gasteiger charge is -2.07. The third kappa shape index (κ3) is 3.84. The quantitative estimate of drug-likeness (QED) is 0.508. The minimum absolute atomic E-state index is 0.0258. The summed E-state index contributed by atoms with van der Waals surface area (Å²) in [5.41, 5.74) is 1.08. The number of hydrogen-bond acceptors (Lipinski definition) is 6. The Morgan fingerprint density at radius 2 is 1.75 bits per heavy atom. The number of rotatable bonds is 6. The molecule has 0 aliphatic carbocycles. The molecule has 142 valence electrons. The summed E-state index contributed by atoms with van der Waals surface area (Å²) >= 11 is 6.24. The first-order valence-corrected chi connectivity index (χ1v) is 10.1. The third-order valence-electron chi connectivity index (χ3n) is 3.94. The Bertz CT molecular complexity index is 1190. The van der Waals surface area contributed by atoms with Crippen molar-refractivity contribution in [2.45, 2.75) is 11.4 Å². The van der Waals surface area contributed by atoms with Gasteiger partial charge in [-0.1, -0.05) is 29.8 Å². The molecule has 0 aliphatic rings. The monoisotopic (exact) mass is 415 g/mol. The molecular formula is C19H14ClN3O4S. The predicted octanol–water partition coefficient (Wildman–Crippen LogP) is 4.13. The summed E-state index contributed by atoms with van der Waals surface area (Å²) in [4.78, 5) is 0.0258. The van der Waals surface area contributed by atoms with Crippen LogP contribution in [0.4, 0.5) is 0 Å². The molecule has 0 amide bonds. The zero-order valence-corrected chi connectivity index (χ0v) is 15.9. The Morgan fingerprint density at radius 1 is 0.964 bits per heavy atom. The maximum absolute atomic E-state index is 12.6. The number of nitrogens with zero attached hydrogens (tertiary/aromatic N) is 2. The van der Waals surface area contributed by atoms with Gasteiger partial charge in [-0.05, 0) is 42.5 Å². The van der Waals surface area contributed by atoms with E-state index in [1.807, 2.05) is 30.3 Å². The summed E-state index contributed by atoms with van der Waals surface area (Å²) < 4.78 is 38.5. The summed E-state index contributed by atoms with van der Waals surface area (Å²) in [5.74, 6) is 0.949. The Balaban J connectivity index is 1.63. The summed E-state index contributed by atoms with van der Waals surface area (Å²) in [5, 5.41) is 8.31. The van der Waals surface area contributed by atoms with Crippen LogP contribution in [-0.2, 0) is 16.6 Å². The summed E-state index contributed by atoms with van der Waals surface area (Å²) in [7, 11) is -3.79. The molecule has 0 saturated heterocycles.